The van der Waals surface area contributed by atoms with E-state index in [0.29, 0.717) is 30.1 Å². The number of rotatable bonds is 8. The largest absolute Gasteiger partial charge is 0.416 e. The van der Waals surface area contributed by atoms with E-state index < -0.39 is 41.7 Å². The number of aliphatic hydroxyl groups is 1. The highest BCUT2D eigenvalue weighted by Crippen LogP contribution is 2.41. The van der Waals surface area contributed by atoms with Gasteiger partial charge in [0.25, 0.3) is 5.95 Å². The third-order valence-electron chi connectivity index (χ3n) is 9.34. The van der Waals surface area contributed by atoms with E-state index in [1.807, 2.05) is 0 Å². The molecule has 48 heavy (non-hydrogen) atoms. The van der Waals surface area contributed by atoms with E-state index in [4.69, 9.17) is 4.98 Å². The summed E-state index contributed by atoms with van der Waals surface area (Å²) >= 11 is 0. The standard InChI is InChI=1S/C32H33F8N7O/c1-45-43-30(42-44-45)46(15-19-9-23(31(35,36)37)13-24(10-19)32(38,39)40)16-22-11-21-12-25(33)26(34)14-27(21)41-29(22)47-8-2-3-28(47)20-6-4-18(17-48)5-7-20/h9-14,18,20,28,48H,2-8,15-17H2,1H3/t18-,20-,28-/m1/s1. The number of hydrogen-bond donors (Lipinski definition) is 1. The molecule has 0 unspecified atom stereocenters. The number of pyridine rings is 1. The van der Waals surface area contributed by atoms with Crippen molar-refractivity contribution in [3.63, 3.8) is 0 Å². The molecule has 8 nitrogen and oxygen atoms in total. The Hall–Kier alpha value is -4.08. The molecule has 1 atom stereocenters. The lowest BCUT2D eigenvalue weighted by Crippen LogP contribution is -2.39. The van der Waals surface area contributed by atoms with E-state index in [1.54, 1.807) is 6.07 Å². The molecule has 4 aromatic rings. The van der Waals surface area contributed by atoms with Crippen LogP contribution in [0, 0.1) is 23.5 Å². The number of hydrogen-bond acceptors (Lipinski definition) is 7. The summed E-state index contributed by atoms with van der Waals surface area (Å²) in [5.74, 6) is -1.27. The Kier molecular flexibility index (Phi) is 9.22. The Bertz CT molecular complexity index is 1740. The molecule has 0 amide bonds. The molecule has 2 aromatic heterocycles. The Morgan fingerprint density at radius 3 is 2.12 bits per heavy atom. The van der Waals surface area contributed by atoms with Gasteiger partial charge in [0.15, 0.2) is 11.6 Å². The predicted molar refractivity (Wildman–Crippen MR) is 160 cm³/mol. The van der Waals surface area contributed by atoms with Crippen LogP contribution in [0.25, 0.3) is 10.9 Å². The van der Waals surface area contributed by atoms with Crippen LogP contribution >= 0.6 is 0 Å². The second-order valence-electron chi connectivity index (χ2n) is 12.6. The van der Waals surface area contributed by atoms with Gasteiger partial charge >= 0.3 is 12.4 Å². The first-order valence-electron chi connectivity index (χ1n) is 15.6. The molecule has 1 saturated heterocycles. The molecule has 16 heteroatoms. The number of aliphatic hydroxyl groups excluding tert-OH is 1. The zero-order valence-corrected chi connectivity index (χ0v) is 25.9. The van der Waals surface area contributed by atoms with Gasteiger partial charge in [-0.1, -0.05) is 5.10 Å². The quantitative estimate of drug-likeness (QED) is 0.200. The second kappa shape index (κ2) is 13.1. The summed E-state index contributed by atoms with van der Waals surface area (Å²) in [4.78, 5) is 9.38. The smallest absolute Gasteiger partial charge is 0.396 e. The first-order chi connectivity index (χ1) is 22.7. The Morgan fingerprint density at radius 2 is 1.52 bits per heavy atom. The van der Waals surface area contributed by atoms with Gasteiger partial charge < -0.3 is 14.9 Å². The first kappa shape index (κ1) is 33.8. The number of anilines is 2. The van der Waals surface area contributed by atoms with E-state index in [9.17, 15) is 40.2 Å². The summed E-state index contributed by atoms with van der Waals surface area (Å²) in [6, 6.07) is 5.02. The number of benzene rings is 2. The average molecular weight is 684 g/mol. The summed E-state index contributed by atoms with van der Waals surface area (Å²) in [6.07, 6.45) is -4.87. The molecule has 1 N–H and O–H groups in total. The third kappa shape index (κ3) is 7.17. The van der Waals surface area contributed by atoms with Crippen LogP contribution in [0.15, 0.2) is 36.4 Å². The highest BCUT2D eigenvalue weighted by Gasteiger charge is 2.38. The van der Waals surface area contributed by atoms with Crippen LogP contribution in [0.3, 0.4) is 0 Å². The number of nitrogens with zero attached hydrogens (tertiary/aromatic N) is 7. The van der Waals surface area contributed by atoms with Crippen molar-refractivity contribution in [2.24, 2.45) is 18.9 Å². The zero-order chi connectivity index (χ0) is 34.4. The number of fused-ring (bicyclic) bond motifs is 1. The van der Waals surface area contributed by atoms with Crippen LogP contribution in [-0.4, -0.2) is 49.5 Å². The molecular weight excluding hydrogens is 650 g/mol. The van der Waals surface area contributed by atoms with Crippen molar-refractivity contribution in [1.29, 1.82) is 0 Å². The molecule has 258 valence electrons. The molecule has 2 aromatic carbocycles. The summed E-state index contributed by atoms with van der Waals surface area (Å²) in [6.45, 7) is 0.109. The third-order valence-corrected chi connectivity index (χ3v) is 9.34. The maximum atomic E-state index is 14.4. The van der Waals surface area contributed by atoms with Crippen molar-refractivity contribution in [3.05, 3.63) is 70.3 Å². The van der Waals surface area contributed by atoms with E-state index >= 15 is 0 Å². The van der Waals surface area contributed by atoms with Crippen LogP contribution in [-0.2, 0) is 32.5 Å². The monoisotopic (exact) mass is 683 g/mol. The molecular formula is C32H33F8N7O. The van der Waals surface area contributed by atoms with E-state index in [1.165, 1.54) is 11.9 Å². The lowest BCUT2D eigenvalue weighted by atomic mass is 9.78. The second-order valence-corrected chi connectivity index (χ2v) is 12.6. The van der Waals surface area contributed by atoms with Crippen molar-refractivity contribution < 1.29 is 40.2 Å². The minimum Gasteiger partial charge on any atom is -0.396 e. The topological polar surface area (TPSA) is 83.2 Å². The van der Waals surface area contributed by atoms with Crippen LogP contribution in [0.4, 0.5) is 46.9 Å². The normalized spacial score (nSPS) is 20.5. The van der Waals surface area contributed by atoms with Gasteiger partial charge in [-0.05, 0) is 91.5 Å². The van der Waals surface area contributed by atoms with Gasteiger partial charge in [0.05, 0.1) is 23.7 Å². The van der Waals surface area contributed by atoms with Crippen molar-refractivity contribution >= 4 is 22.7 Å². The van der Waals surface area contributed by atoms with Gasteiger partial charge in [-0.25, -0.2) is 13.8 Å². The Morgan fingerprint density at radius 1 is 0.854 bits per heavy atom. The van der Waals surface area contributed by atoms with Crippen LogP contribution < -0.4 is 9.80 Å². The van der Waals surface area contributed by atoms with Gasteiger partial charge in [-0.2, -0.15) is 31.1 Å². The highest BCUT2D eigenvalue weighted by atomic mass is 19.4. The molecule has 0 radical (unpaired) electrons. The van der Waals surface area contributed by atoms with E-state index in [2.05, 4.69) is 20.3 Å². The summed E-state index contributed by atoms with van der Waals surface area (Å²) in [7, 11) is 1.46. The fraction of sp³-hybridized carbons (Fsp3) is 0.500. The molecule has 1 saturated carbocycles. The van der Waals surface area contributed by atoms with Crippen LogP contribution in [0.5, 0.6) is 0 Å². The van der Waals surface area contributed by atoms with E-state index in [-0.39, 0.29) is 59.5 Å². The lowest BCUT2D eigenvalue weighted by molar-refractivity contribution is -0.143. The average Bonchev–Trinajstić information content (AvgIpc) is 3.70. The number of aromatic nitrogens is 5. The maximum absolute atomic E-state index is 14.4. The van der Waals surface area contributed by atoms with Gasteiger partial charge in [0.2, 0.25) is 0 Å². The Balaban J connectivity index is 1.43. The molecule has 3 heterocycles. The summed E-state index contributed by atoms with van der Waals surface area (Å²) < 4.78 is 111. The van der Waals surface area contributed by atoms with Gasteiger partial charge in [-0.15, -0.1) is 5.10 Å². The van der Waals surface area contributed by atoms with Crippen molar-refractivity contribution in [3.8, 4) is 0 Å². The molecule has 0 spiro atoms. The van der Waals surface area contributed by atoms with Gasteiger partial charge in [0.1, 0.15) is 5.82 Å². The van der Waals surface area contributed by atoms with Gasteiger partial charge in [0, 0.05) is 49.3 Å². The Labute approximate surface area is 270 Å². The minimum atomic E-state index is -5.04. The molecule has 0 bridgehead atoms. The molecule has 1 aliphatic carbocycles. The first-order valence-corrected chi connectivity index (χ1v) is 15.6. The highest BCUT2D eigenvalue weighted by molar-refractivity contribution is 5.82. The fourth-order valence-electron chi connectivity index (χ4n) is 7.00. The summed E-state index contributed by atoms with van der Waals surface area (Å²) in [5, 5.41) is 21.9. The molecule has 2 fully saturated rings. The molecule has 6 rings (SSSR count). The predicted octanol–water partition coefficient (Wildman–Crippen LogP) is 7.05. The zero-order valence-electron chi connectivity index (χ0n) is 25.9. The molecule has 2 aliphatic rings. The lowest BCUT2D eigenvalue weighted by Gasteiger charge is -2.37. The number of tetrazole rings is 1. The summed E-state index contributed by atoms with van der Waals surface area (Å²) in [5.41, 5.74) is -2.55. The minimum absolute atomic E-state index is 0.0551. The maximum Gasteiger partial charge on any atom is 0.416 e. The van der Waals surface area contributed by atoms with Crippen molar-refractivity contribution in [2.75, 3.05) is 23.0 Å². The fourth-order valence-corrected chi connectivity index (χ4v) is 7.00. The van der Waals surface area contributed by atoms with Crippen molar-refractivity contribution in [1.82, 2.24) is 25.2 Å². The SMILES string of the molecule is Cn1nnc(N(Cc2cc(C(F)(F)F)cc(C(F)(F)F)c2)Cc2cc3cc(F)c(F)cc3nc2N2CCC[C@@H]2[C@H]2CC[C@H](CO)CC2)n1. The van der Waals surface area contributed by atoms with Crippen LogP contribution in [0.1, 0.15) is 60.8 Å². The van der Waals surface area contributed by atoms with Gasteiger partial charge in [-0.3, -0.25) is 0 Å². The number of alkyl halides is 6. The molecule has 1 aliphatic heterocycles. The van der Waals surface area contributed by atoms with Crippen LogP contribution in [0.2, 0.25) is 0 Å². The number of aryl methyl sites for hydroxylation is 1. The van der Waals surface area contributed by atoms with Crippen molar-refractivity contribution in [2.45, 2.75) is 70.0 Å². The van der Waals surface area contributed by atoms with E-state index in [0.717, 1.165) is 55.5 Å². The number of halogens is 8.